The van der Waals surface area contributed by atoms with Crippen molar-refractivity contribution in [1.29, 1.82) is 0 Å². The minimum atomic E-state index is -0.954. The maximum absolute atomic E-state index is 11.0. The molecule has 0 aliphatic heterocycles. The Morgan fingerprint density at radius 2 is 1.88 bits per heavy atom. The molecule has 0 aromatic heterocycles. The van der Waals surface area contributed by atoms with Gasteiger partial charge in [0.25, 0.3) is 0 Å². The van der Waals surface area contributed by atoms with Crippen LogP contribution in [-0.2, 0) is 19.1 Å². The van der Waals surface area contributed by atoms with E-state index in [-0.39, 0.29) is 13.2 Å². The van der Waals surface area contributed by atoms with Gasteiger partial charge in [0.15, 0.2) is 0 Å². The van der Waals surface area contributed by atoms with E-state index in [0.717, 1.165) is 13.0 Å². The van der Waals surface area contributed by atoms with Gasteiger partial charge in [0, 0.05) is 31.2 Å². The Labute approximate surface area is 97.9 Å². The molecule has 0 bridgehead atoms. The van der Waals surface area contributed by atoms with Crippen LogP contribution < -0.4 is 0 Å². The van der Waals surface area contributed by atoms with Crippen LogP contribution in [0, 0.1) is 0 Å². The van der Waals surface area contributed by atoms with Gasteiger partial charge in [0.05, 0.1) is 13.2 Å². The van der Waals surface area contributed by atoms with E-state index < -0.39 is 18.0 Å². The number of amides is 2. The van der Waals surface area contributed by atoms with Gasteiger partial charge in [-0.3, -0.25) is 4.79 Å². The highest BCUT2D eigenvalue weighted by molar-refractivity contribution is 6.28. The Kier molecular flexibility index (Phi) is 6.95. The molecule has 0 aromatic rings. The van der Waals surface area contributed by atoms with Crippen molar-refractivity contribution in [3.05, 3.63) is 12.7 Å². The molecule has 0 aromatic carbocycles. The lowest BCUT2D eigenvalue weighted by atomic mass is 10.5. The van der Waals surface area contributed by atoms with Crippen LogP contribution in [0.1, 0.15) is 13.3 Å². The van der Waals surface area contributed by atoms with Crippen LogP contribution >= 0.6 is 11.8 Å². The zero-order valence-electron chi connectivity index (χ0n) is 8.77. The van der Waals surface area contributed by atoms with Crippen molar-refractivity contribution in [2.24, 2.45) is 0 Å². The number of nitrogens with zero attached hydrogens (tertiary/aromatic N) is 1. The van der Waals surface area contributed by atoms with E-state index in [1.165, 1.54) is 0 Å². The third-order valence-electron chi connectivity index (χ3n) is 1.36. The normalized spacial score (nSPS) is 9.12. The molecule has 0 rings (SSSR count). The first-order valence-corrected chi connectivity index (χ1v) is 4.75. The van der Waals surface area contributed by atoms with E-state index in [2.05, 4.69) is 16.1 Å². The first-order valence-electron chi connectivity index (χ1n) is 4.41. The maximum Gasteiger partial charge on any atom is 0.431 e. The fourth-order valence-electron chi connectivity index (χ4n) is 0.635. The van der Waals surface area contributed by atoms with Crippen molar-refractivity contribution in [2.45, 2.75) is 13.3 Å². The predicted octanol–water partition coefficient (Wildman–Crippen LogP) is 1.24. The molecule has 90 valence electrons. The molecule has 0 unspecified atom stereocenters. The number of hydrogen-bond donors (Lipinski definition) is 0. The van der Waals surface area contributed by atoms with Crippen LogP contribution in [0.4, 0.5) is 4.79 Å². The summed E-state index contributed by atoms with van der Waals surface area (Å²) in [7, 11) is 0. The van der Waals surface area contributed by atoms with Crippen LogP contribution in [0.3, 0.4) is 0 Å². The highest BCUT2D eigenvalue weighted by atomic mass is 35.5. The molecule has 0 spiro atoms. The van der Waals surface area contributed by atoms with Gasteiger partial charge in [-0.05, 0) is 0 Å². The average Bonchev–Trinajstić information content (AvgIpc) is 2.26. The van der Waals surface area contributed by atoms with Crippen molar-refractivity contribution in [3.8, 4) is 0 Å². The van der Waals surface area contributed by atoms with Crippen molar-refractivity contribution in [1.82, 2.24) is 4.42 Å². The molecule has 0 atom stereocenters. The third kappa shape index (κ3) is 6.02. The fourth-order valence-corrected chi connectivity index (χ4v) is 0.684. The Balaban J connectivity index is 3.59. The van der Waals surface area contributed by atoms with Gasteiger partial charge in [-0.25, -0.2) is 9.59 Å². The lowest BCUT2D eigenvalue weighted by molar-refractivity contribution is -0.137. The van der Waals surface area contributed by atoms with E-state index in [0.29, 0.717) is 10.8 Å². The van der Waals surface area contributed by atoms with Gasteiger partial charge in [0.1, 0.15) is 0 Å². The maximum atomic E-state index is 11.0. The molecular formula is C9H12ClNO5. The summed E-state index contributed by atoms with van der Waals surface area (Å²) in [5, 5.41) is 0. The first kappa shape index (κ1) is 14.4. The molecular weight excluding hydrogens is 238 g/mol. The summed E-state index contributed by atoms with van der Waals surface area (Å²) in [5.74, 6) is -1.18. The molecule has 0 radical (unpaired) electrons. The summed E-state index contributed by atoms with van der Waals surface area (Å²) in [4.78, 5) is 32.2. The van der Waals surface area contributed by atoms with Crippen LogP contribution in [0.15, 0.2) is 12.7 Å². The largest absolute Gasteiger partial charge is 0.462 e. The molecule has 7 heteroatoms. The van der Waals surface area contributed by atoms with Gasteiger partial charge in [-0.1, -0.05) is 6.58 Å². The number of hydrogen-bond acceptors (Lipinski definition) is 5. The second-order valence-corrected chi connectivity index (χ2v) is 2.98. The fraction of sp³-hybridized carbons (Fsp3) is 0.444. The molecule has 0 aliphatic rings. The lowest BCUT2D eigenvalue weighted by Crippen LogP contribution is -2.27. The second kappa shape index (κ2) is 7.70. The molecule has 16 heavy (non-hydrogen) atoms. The van der Waals surface area contributed by atoms with Crippen molar-refractivity contribution in [2.75, 3.05) is 13.2 Å². The van der Waals surface area contributed by atoms with Crippen molar-refractivity contribution >= 4 is 29.7 Å². The minimum Gasteiger partial charge on any atom is -0.462 e. The quantitative estimate of drug-likeness (QED) is 0.317. The number of carbonyl (C=O) groups excluding carboxylic acids is 3. The van der Waals surface area contributed by atoms with Crippen LogP contribution in [-0.4, -0.2) is 35.6 Å². The number of esters is 1. The monoisotopic (exact) mass is 249 g/mol. The average molecular weight is 250 g/mol. The summed E-state index contributed by atoms with van der Waals surface area (Å²) in [6, 6.07) is 0. The molecule has 0 saturated heterocycles. The SMILES string of the molecule is C=CC(=O)OCCCOC(=O)N(Cl)C(C)=O. The topological polar surface area (TPSA) is 72.9 Å². The Bertz CT molecular complexity index is 292. The Morgan fingerprint density at radius 1 is 1.31 bits per heavy atom. The predicted molar refractivity (Wildman–Crippen MR) is 55.5 cm³/mol. The number of ether oxygens (including phenoxy) is 2. The molecule has 6 nitrogen and oxygen atoms in total. The summed E-state index contributed by atoms with van der Waals surface area (Å²) in [6.07, 6.45) is 0.389. The van der Waals surface area contributed by atoms with Crippen LogP contribution in [0.25, 0.3) is 0 Å². The number of halogens is 1. The summed E-state index contributed by atoms with van der Waals surface area (Å²) in [6.45, 7) is 4.43. The molecule has 0 fully saturated rings. The van der Waals surface area contributed by atoms with E-state index in [1.807, 2.05) is 0 Å². The van der Waals surface area contributed by atoms with Crippen LogP contribution in [0.5, 0.6) is 0 Å². The Hall–Kier alpha value is -1.56. The van der Waals surface area contributed by atoms with E-state index >= 15 is 0 Å². The number of rotatable bonds is 5. The standard InChI is InChI=1S/C9H12ClNO5/c1-3-8(13)15-5-4-6-16-9(14)11(10)7(2)12/h3H,1,4-6H2,2H3. The van der Waals surface area contributed by atoms with Gasteiger partial charge in [0.2, 0.25) is 5.91 Å². The minimum absolute atomic E-state index is 0.000242. The summed E-state index contributed by atoms with van der Waals surface area (Å²) in [5.41, 5.74) is 0. The van der Waals surface area contributed by atoms with Gasteiger partial charge < -0.3 is 9.47 Å². The van der Waals surface area contributed by atoms with Crippen molar-refractivity contribution < 1.29 is 23.9 Å². The van der Waals surface area contributed by atoms with Gasteiger partial charge >= 0.3 is 12.1 Å². The molecule has 0 heterocycles. The zero-order chi connectivity index (χ0) is 12.6. The summed E-state index contributed by atoms with van der Waals surface area (Å²) >= 11 is 5.26. The first-order chi connectivity index (χ1) is 7.49. The highest BCUT2D eigenvalue weighted by Gasteiger charge is 2.16. The van der Waals surface area contributed by atoms with E-state index in [4.69, 9.17) is 11.8 Å². The second-order valence-electron chi connectivity index (χ2n) is 2.64. The van der Waals surface area contributed by atoms with Gasteiger partial charge in [-0.2, -0.15) is 4.42 Å². The smallest absolute Gasteiger partial charge is 0.431 e. The highest BCUT2D eigenvalue weighted by Crippen LogP contribution is 1.99. The zero-order valence-corrected chi connectivity index (χ0v) is 9.53. The molecule has 2 amide bonds. The molecule has 0 N–H and O–H groups in total. The number of imide groups is 1. The van der Waals surface area contributed by atoms with Crippen molar-refractivity contribution in [3.63, 3.8) is 0 Å². The number of carbonyl (C=O) groups is 3. The lowest BCUT2D eigenvalue weighted by Gasteiger charge is -2.09. The third-order valence-corrected chi connectivity index (χ3v) is 1.74. The van der Waals surface area contributed by atoms with E-state index in [9.17, 15) is 14.4 Å². The molecule has 0 aliphatic carbocycles. The van der Waals surface area contributed by atoms with Crippen LogP contribution in [0.2, 0.25) is 0 Å². The Morgan fingerprint density at radius 3 is 2.38 bits per heavy atom. The van der Waals surface area contributed by atoms with Gasteiger partial charge in [-0.15, -0.1) is 0 Å². The summed E-state index contributed by atoms with van der Waals surface area (Å²) < 4.78 is 9.55. The van der Waals surface area contributed by atoms with E-state index in [1.54, 1.807) is 0 Å². The molecule has 0 saturated carbocycles.